The summed E-state index contributed by atoms with van der Waals surface area (Å²) in [6.45, 7) is 0.465. The third-order valence-corrected chi connectivity index (χ3v) is 3.54. The molecule has 25 heavy (non-hydrogen) atoms. The van der Waals surface area contributed by atoms with Crippen LogP contribution in [0.25, 0.3) is 0 Å². The lowest BCUT2D eigenvalue weighted by Gasteiger charge is -2.08. The first-order chi connectivity index (χ1) is 12.1. The molecule has 1 aromatic carbocycles. The highest BCUT2D eigenvalue weighted by atomic mass is 35.5. The van der Waals surface area contributed by atoms with Crippen molar-refractivity contribution < 1.29 is 9.18 Å². The molecule has 0 saturated heterocycles. The smallest absolute Gasteiger partial charge is 0.274 e. The first-order valence-corrected chi connectivity index (χ1v) is 7.72. The molecule has 0 atom stereocenters. The van der Waals surface area contributed by atoms with Crippen molar-refractivity contribution in [3.8, 4) is 0 Å². The number of nitrogens with zero attached hydrogens (tertiary/aromatic N) is 3. The topological polar surface area (TPSA) is 79.8 Å². The van der Waals surface area contributed by atoms with Crippen molar-refractivity contribution in [1.82, 2.24) is 15.0 Å². The van der Waals surface area contributed by atoms with Gasteiger partial charge in [0.15, 0.2) is 0 Å². The molecule has 0 radical (unpaired) electrons. The number of carbonyl (C=O) groups excluding carboxylic acids is 1. The lowest BCUT2D eigenvalue weighted by atomic mass is 10.3. The van der Waals surface area contributed by atoms with E-state index < -0.39 is 11.7 Å². The van der Waals surface area contributed by atoms with Gasteiger partial charge in [0.25, 0.3) is 5.91 Å². The molecular weight excluding hydrogens is 345 g/mol. The van der Waals surface area contributed by atoms with Gasteiger partial charge in [0.2, 0.25) is 0 Å². The van der Waals surface area contributed by atoms with Crippen molar-refractivity contribution in [2.75, 3.05) is 10.6 Å². The van der Waals surface area contributed by atoms with Gasteiger partial charge < -0.3 is 10.6 Å². The Morgan fingerprint density at radius 2 is 2.00 bits per heavy atom. The third-order valence-electron chi connectivity index (χ3n) is 3.25. The fourth-order valence-corrected chi connectivity index (χ4v) is 2.21. The molecule has 6 nitrogen and oxygen atoms in total. The molecule has 1 amide bonds. The second-order valence-electron chi connectivity index (χ2n) is 5.05. The number of benzene rings is 1. The minimum Gasteiger partial charge on any atom is -0.364 e. The Kier molecular flexibility index (Phi) is 5.15. The van der Waals surface area contributed by atoms with E-state index >= 15 is 0 Å². The van der Waals surface area contributed by atoms with Gasteiger partial charge in [-0.25, -0.2) is 14.4 Å². The van der Waals surface area contributed by atoms with E-state index in [0.29, 0.717) is 18.1 Å². The predicted molar refractivity (Wildman–Crippen MR) is 93.0 cm³/mol. The maximum atomic E-state index is 13.2. The number of anilines is 2. The van der Waals surface area contributed by atoms with Crippen LogP contribution in [-0.4, -0.2) is 20.9 Å². The zero-order valence-electron chi connectivity index (χ0n) is 12.9. The van der Waals surface area contributed by atoms with Gasteiger partial charge in [0, 0.05) is 18.0 Å². The van der Waals surface area contributed by atoms with Gasteiger partial charge in [-0.3, -0.25) is 9.78 Å². The van der Waals surface area contributed by atoms with E-state index in [-0.39, 0.29) is 10.7 Å². The van der Waals surface area contributed by atoms with E-state index in [4.69, 9.17) is 11.6 Å². The fraction of sp³-hybridized carbons (Fsp3) is 0.0588. The summed E-state index contributed by atoms with van der Waals surface area (Å²) < 4.78 is 13.2. The molecule has 0 saturated carbocycles. The zero-order valence-corrected chi connectivity index (χ0v) is 13.7. The van der Waals surface area contributed by atoms with Gasteiger partial charge in [0.1, 0.15) is 23.7 Å². The summed E-state index contributed by atoms with van der Waals surface area (Å²) in [7, 11) is 0. The van der Waals surface area contributed by atoms with Gasteiger partial charge in [-0.15, -0.1) is 0 Å². The van der Waals surface area contributed by atoms with Gasteiger partial charge in [-0.05, 0) is 30.3 Å². The highest BCUT2D eigenvalue weighted by Gasteiger charge is 2.10. The Morgan fingerprint density at radius 3 is 2.76 bits per heavy atom. The number of hydrogen-bond acceptors (Lipinski definition) is 5. The lowest BCUT2D eigenvalue weighted by Crippen LogP contribution is -2.15. The van der Waals surface area contributed by atoms with Gasteiger partial charge >= 0.3 is 0 Å². The molecule has 2 heterocycles. The summed E-state index contributed by atoms with van der Waals surface area (Å²) >= 11 is 5.70. The van der Waals surface area contributed by atoms with E-state index in [1.54, 1.807) is 6.20 Å². The monoisotopic (exact) mass is 357 g/mol. The van der Waals surface area contributed by atoms with E-state index in [0.717, 1.165) is 5.69 Å². The SMILES string of the molecule is O=C(Nc1ccc(F)c(Cl)c1)c1cc(NCc2ccccn2)ncn1. The third kappa shape index (κ3) is 4.48. The van der Waals surface area contributed by atoms with Crippen LogP contribution in [-0.2, 0) is 6.54 Å². The molecule has 0 aliphatic carbocycles. The van der Waals surface area contributed by atoms with Crippen molar-refractivity contribution in [3.05, 3.63) is 77.2 Å². The lowest BCUT2D eigenvalue weighted by molar-refractivity contribution is 0.102. The van der Waals surface area contributed by atoms with Crippen LogP contribution in [0.3, 0.4) is 0 Å². The van der Waals surface area contributed by atoms with Crippen LogP contribution in [0.1, 0.15) is 16.2 Å². The summed E-state index contributed by atoms with van der Waals surface area (Å²) in [4.78, 5) is 24.5. The fourth-order valence-electron chi connectivity index (χ4n) is 2.03. The Morgan fingerprint density at radius 1 is 1.12 bits per heavy atom. The molecule has 0 aliphatic rings. The minimum absolute atomic E-state index is 0.0711. The van der Waals surface area contributed by atoms with Gasteiger partial charge in [-0.1, -0.05) is 17.7 Å². The summed E-state index contributed by atoms with van der Waals surface area (Å²) in [6.07, 6.45) is 2.98. The van der Waals surface area contributed by atoms with Crippen molar-refractivity contribution in [2.24, 2.45) is 0 Å². The predicted octanol–water partition coefficient (Wildman–Crippen LogP) is 3.53. The number of halogens is 2. The average Bonchev–Trinajstić information content (AvgIpc) is 2.64. The largest absolute Gasteiger partial charge is 0.364 e. The number of amides is 1. The number of aromatic nitrogens is 3. The molecular formula is C17H13ClFN5O. The highest BCUT2D eigenvalue weighted by Crippen LogP contribution is 2.20. The Hall–Kier alpha value is -3.06. The first kappa shape index (κ1) is 16.8. The maximum Gasteiger partial charge on any atom is 0.274 e. The summed E-state index contributed by atoms with van der Waals surface area (Å²) in [5, 5.41) is 5.61. The standard InChI is InChI=1S/C17H13ClFN5O/c18-13-7-11(4-5-14(13)19)24-17(25)15-8-16(23-10-22-15)21-9-12-3-1-2-6-20-12/h1-8,10H,9H2,(H,24,25)(H,21,22,23). The van der Waals surface area contributed by atoms with Crippen molar-refractivity contribution >= 4 is 29.0 Å². The van der Waals surface area contributed by atoms with E-state index in [2.05, 4.69) is 25.6 Å². The molecule has 126 valence electrons. The average molecular weight is 358 g/mol. The van der Waals surface area contributed by atoms with Crippen LogP contribution >= 0.6 is 11.6 Å². The zero-order chi connectivity index (χ0) is 17.6. The first-order valence-electron chi connectivity index (χ1n) is 7.34. The summed E-state index contributed by atoms with van der Waals surface area (Å²) in [5.74, 6) is -0.517. The molecule has 3 aromatic rings. The van der Waals surface area contributed by atoms with Crippen LogP contribution in [0.15, 0.2) is 55.0 Å². The second-order valence-corrected chi connectivity index (χ2v) is 5.45. The van der Waals surface area contributed by atoms with Gasteiger partial charge in [0.05, 0.1) is 17.3 Å². The Bertz CT molecular complexity index is 891. The van der Waals surface area contributed by atoms with Crippen LogP contribution in [0, 0.1) is 5.82 Å². The van der Waals surface area contributed by atoms with Crippen LogP contribution in [0.2, 0.25) is 5.02 Å². The molecule has 2 aromatic heterocycles. The van der Waals surface area contributed by atoms with E-state index in [9.17, 15) is 9.18 Å². The number of pyridine rings is 1. The number of rotatable bonds is 5. The van der Waals surface area contributed by atoms with Crippen LogP contribution < -0.4 is 10.6 Å². The molecule has 0 spiro atoms. The number of nitrogens with one attached hydrogen (secondary N) is 2. The maximum absolute atomic E-state index is 13.2. The summed E-state index contributed by atoms with van der Waals surface area (Å²) in [5.41, 5.74) is 1.38. The molecule has 0 bridgehead atoms. The quantitative estimate of drug-likeness (QED) is 0.730. The van der Waals surface area contributed by atoms with E-state index in [1.165, 1.54) is 30.6 Å². The molecule has 3 rings (SSSR count). The molecule has 0 fully saturated rings. The molecule has 0 unspecified atom stereocenters. The van der Waals surface area contributed by atoms with Crippen LogP contribution in [0.4, 0.5) is 15.9 Å². The molecule has 0 aliphatic heterocycles. The second kappa shape index (κ2) is 7.67. The molecule has 8 heteroatoms. The number of carbonyl (C=O) groups is 1. The highest BCUT2D eigenvalue weighted by molar-refractivity contribution is 6.31. The number of hydrogen-bond donors (Lipinski definition) is 2. The van der Waals surface area contributed by atoms with Crippen LogP contribution in [0.5, 0.6) is 0 Å². The Labute approximate surface area is 148 Å². The minimum atomic E-state index is -0.553. The molecule has 2 N–H and O–H groups in total. The van der Waals surface area contributed by atoms with Gasteiger partial charge in [-0.2, -0.15) is 0 Å². The van der Waals surface area contributed by atoms with Crippen molar-refractivity contribution in [3.63, 3.8) is 0 Å². The Balaban J connectivity index is 1.67. The van der Waals surface area contributed by atoms with E-state index in [1.807, 2.05) is 18.2 Å². The summed E-state index contributed by atoms with van der Waals surface area (Å²) in [6, 6.07) is 11.0. The van der Waals surface area contributed by atoms with Crippen molar-refractivity contribution in [1.29, 1.82) is 0 Å². The normalized spacial score (nSPS) is 10.3. The van der Waals surface area contributed by atoms with Crippen molar-refractivity contribution in [2.45, 2.75) is 6.54 Å².